The molecule has 0 aliphatic heterocycles. The summed E-state index contributed by atoms with van der Waals surface area (Å²) < 4.78 is 0. The Kier molecular flexibility index (Phi) is 5.69. The molecule has 2 nitrogen and oxygen atoms in total. The van der Waals surface area contributed by atoms with E-state index in [1.54, 1.807) is 0 Å². The highest BCUT2D eigenvalue weighted by molar-refractivity contribution is 5.57. The van der Waals surface area contributed by atoms with E-state index in [2.05, 4.69) is 81.4 Å². The van der Waals surface area contributed by atoms with Crippen LogP contribution in [0.4, 0.5) is 0 Å². The molecule has 0 aromatic heterocycles. The molecule has 2 aromatic rings. The number of hydrogen-bond donors (Lipinski definition) is 2. The van der Waals surface area contributed by atoms with Crippen LogP contribution in [0.2, 0.25) is 0 Å². The van der Waals surface area contributed by atoms with E-state index in [1.807, 2.05) is 12.1 Å². The van der Waals surface area contributed by atoms with Crippen molar-refractivity contribution in [1.82, 2.24) is 0 Å². The lowest BCUT2D eigenvalue weighted by atomic mass is 9.67. The predicted molar refractivity (Wildman–Crippen MR) is 120 cm³/mol. The van der Waals surface area contributed by atoms with Gasteiger partial charge in [-0.15, -0.1) is 0 Å². The molecule has 0 atom stereocenters. The summed E-state index contributed by atoms with van der Waals surface area (Å²) in [5.41, 5.74) is 6.32. The summed E-state index contributed by atoms with van der Waals surface area (Å²) in [6, 6.07) is 7.84. The first-order valence-corrected chi connectivity index (χ1v) is 10.3. The largest absolute Gasteiger partial charge is 0.508 e. The Bertz CT molecular complexity index is 807. The predicted octanol–water partition coefficient (Wildman–Crippen LogP) is 7.03. The van der Waals surface area contributed by atoms with E-state index >= 15 is 0 Å². The van der Waals surface area contributed by atoms with Crippen LogP contribution in [0.3, 0.4) is 0 Å². The van der Waals surface area contributed by atoms with Crippen molar-refractivity contribution in [3.05, 3.63) is 57.6 Å². The molecule has 0 heterocycles. The Labute approximate surface area is 171 Å². The number of phenolic OH excluding ortho intramolecular Hbond substituents is 2. The van der Waals surface area contributed by atoms with Crippen molar-refractivity contribution in [2.24, 2.45) is 0 Å². The number of rotatable bonds is 3. The monoisotopic (exact) mass is 382 g/mol. The topological polar surface area (TPSA) is 40.5 Å². The third kappa shape index (κ3) is 3.66. The molecule has 0 radical (unpaired) electrons. The average Bonchev–Trinajstić information content (AvgIpc) is 2.51. The van der Waals surface area contributed by atoms with Crippen LogP contribution < -0.4 is 0 Å². The van der Waals surface area contributed by atoms with Crippen LogP contribution in [0.15, 0.2) is 24.3 Å². The van der Waals surface area contributed by atoms with Crippen LogP contribution in [0, 0.1) is 13.8 Å². The van der Waals surface area contributed by atoms with Crippen molar-refractivity contribution in [3.8, 4) is 11.5 Å². The summed E-state index contributed by atoms with van der Waals surface area (Å²) in [7, 11) is 0. The summed E-state index contributed by atoms with van der Waals surface area (Å²) >= 11 is 0. The fourth-order valence-corrected chi connectivity index (χ4v) is 5.01. The SMILES string of the molecule is CCC(C)(c1ccc(O)c(C(C)(C)C)c1C)c1ccc(O)c(C(C)(C)C)c1C. The highest BCUT2D eigenvalue weighted by atomic mass is 16.3. The molecule has 0 bridgehead atoms. The Balaban J connectivity index is 2.86. The second kappa shape index (κ2) is 7.13. The van der Waals surface area contributed by atoms with Crippen molar-refractivity contribution >= 4 is 0 Å². The highest BCUT2D eigenvalue weighted by Crippen LogP contribution is 2.46. The van der Waals surface area contributed by atoms with Gasteiger partial charge in [0, 0.05) is 16.5 Å². The molecule has 2 N–H and O–H groups in total. The maximum atomic E-state index is 10.6. The van der Waals surface area contributed by atoms with Crippen molar-refractivity contribution in [1.29, 1.82) is 0 Å². The average molecular weight is 383 g/mol. The maximum absolute atomic E-state index is 10.6. The first-order valence-electron chi connectivity index (χ1n) is 10.3. The summed E-state index contributed by atoms with van der Waals surface area (Å²) in [6.07, 6.45) is 0.928. The minimum Gasteiger partial charge on any atom is -0.508 e. The summed E-state index contributed by atoms with van der Waals surface area (Å²) in [5.74, 6) is 0.732. The van der Waals surface area contributed by atoms with E-state index in [-0.39, 0.29) is 16.2 Å². The molecule has 2 aromatic carbocycles. The summed E-state index contributed by atoms with van der Waals surface area (Å²) in [6.45, 7) is 21.6. The van der Waals surface area contributed by atoms with E-state index in [0.717, 1.165) is 28.7 Å². The van der Waals surface area contributed by atoms with Gasteiger partial charge in [0.1, 0.15) is 11.5 Å². The zero-order valence-electron chi connectivity index (χ0n) is 19.4. The minimum absolute atomic E-state index is 0.139. The van der Waals surface area contributed by atoms with Crippen LogP contribution in [-0.4, -0.2) is 10.2 Å². The normalized spacial score (nSPS) is 13.1. The Morgan fingerprint density at radius 3 is 1.21 bits per heavy atom. The Morgan fingerprint density at radius 2 is 0.964 bits per heavy atom. The van der Waals surface area contributed by atoms with Gasteiger partial charge >= 0.3 is 0 Å². The van der Waals surface area contributed by atoms with Crippen LogP contribution >= 0.6 is 0 Å². The van der Waals surface area contributed by atoms with Crippen molar-refractivity contribution in [3.63, 3.8) is 0 Å². The molecule has 0 saturated heterocycles. The zero-order chi connectivity index (χ0) is 21.7. The molecule has 0 aliphatic rings. The molecular weight excluding hydrogens is 344 g/mol. The van der Waals surface area contributed by atoms with Crippen molar-refractivity contribution in [2.45, 2.75) is 91.9 Å². The fraction of sp³-hybridized carbons (Fsp3) is 0.538. The van der Waals surface area contributed by atoms with E-state index in [9.17, 15) is 10.2 Å². The van der Waals surface area contributed by atoms with Gasteiger partial charge in [0.05, 0.1) is 0 Å². The van der Waals surface area contributed by atoms with Crippen LogP contribution in [-0.2, 0) is 16.2 Å². The molecule has 28 heavy (non-hydrogen) atoms. The number of benzene rings is 2. The van der Waals surface area contributed by atoms with Crippen LogP contribution in [0.1, 0.15) is 95.2 Å². The van der Waals surface area contributed by atoms with Crippen LogP contribution in [0.5, 0.6) is 11.5 Å². The maximum Gasteiger partial charge on any atom is 0.119 e. The summed E-state index contributed by atoms with van der Waals surface area (Å²) in [4.78, 5) is 0. The standard InChI is InChI=1S/C26H38O2/c1-11-26(10,18-12-14-20(27)22(16(18)2)24(4,5)6)19-13-15-21(28)23(17(19)3)25(7,8)9/h12-15,27-28H,11H2,1-10H3. The van der Waals surface area contributed by atoms with Crippen LogP contribution in [0.25, 0.3) is 0 Å². The Morgan fingerprint density at radius 1 is 0.643 bits per heavy atom. The quantitative estimate of drug-likeness (QED) is 0.598. The molecule has 0 spiro atoms. The molecule has 2 rings (SSSR count). The van der Waals surface area contributed by atoms with E-state index < -0.39 is 0 Å². The highest BCUT2D eigenvalue weighted by Gasteiger charge is 2.35. The van der Waals surface area contributed by atoms with E-state index in [0.29, 0.717) is 11.5 Å². The third-order valence-electron chi connectivity index (χ3n) is 6.28. The third-order valence-corrected chi connectivity index (χ3v) is 6.28. The smallest absolute Gasteiger partial charge is 0.119 e. The molecule has 2 heteroatoms. The first kappa shape index (κ1) is 22.3. The van der Waals surface area contributed by atoms with Gasteiger partial charge in [-0.3, -0.25) is 0 Å². The molecule has 0 fully saturated rings. The molecule has 0 aliphatic carbocycles. The molecule has 154 valence electrons. The lowest BCUT2D eigenvalue weighted by Crippen LogP contribution is -2.28. The molecular formula is C26H38O2. The van der Waals surface area contributed by atoms with Gasteiger partial charge in [-0.2, -0.15) is 0 Å². The van der Waals surface area contributed by atoms with Gasteiger partial charge in [0.25, 0.3) is 0 Å². The van der Waals surface area contributed by atoms with Gasteiger partial charge in [0.15, 0.2) is 0 Å². The van der Waals surface area contributed by atoms with E-state index in [4.69, 9.17) is 0 Å². The van der Waals surface area contributed by atoms with Gasteiger partial charge in [-0.25, -0.2) is 0 Å². The lowest BCUT2D eigenvalue weighted by molar-refractivity contribution is 0.439. The fourth-order valence-electron chi connectivity index (χ4n) is 5.01. The number of phenols is 2. The molecule has 0 amide bonds. The van der Waals surface area contributed by atoms with Crippen molar-refractivity contribution < 1.29 is 10.2 Å². The first-order chi connectivity index (χ1) is 12.7. The molecule has 0 saturated carbocycles. The zero-order valence-corrected chi connectivity index (χ0v) is 19.4. The Hall–Kier alpha value is -1.96. The second-order valence-electron chi connectivity index (χ2n) is 10.5. The molecule has 0 unspecified atom stereocenters. The van der Waals surface area contributed by atoms with Gasteiger partial charge < -0.3 is 10.2 Å². The second-order valence-corrected chi connectivity index (χ2v) is 10.5. The van der Waals surface area contributed by atoms with E-state index in [1.165, 1.54) is 11.1 Å². The lowest BCUT2D eigenvalue weighted by Gasteiger charge is -2.37. The minimum atomic E-state index is -0.213. The summed E-state index contributed by atoms with van der Waals surface area (Å²) in [5, 5.41) is 21.1. The van der Waals surface area contributed by atoms with Gasteiger partial charge in [0.2, 0.25) is 0 Å². The van der Waals surface area contributed by atoms with Crippen molar-refractivity contribution in [2.75, 3.05) is 0 Å². The van der Waals surface area contributed by atoms with Gasteiger partial charge in [-0.05, 0) is 65.5 Å². The number of aromatic hydroxyl groups is 2. The number of hydrogen-bond acceptors (Lipinski definition) is 2. The van der Waals surface area contributed by atoms with Gasteiger partial charge in [-0.1, -0.05) is 67.5 Å².